The Bertz CT molecular complexity index is 551. The molecule has 1 aromatic carbocycles. The van der Waals surface area contributed by atoms with Crippen molar-refractivity contribution in [1.29, 1.82) is 0 Å². The molecule has 1 amide bonds. The lowest BCUT2D eigenvalue weighted by molar-refractivity contribution is -0.137. The second-order valence-electron chi connectivity index (χ2n) is 5.54. The van der Waals surface area contributed by atoms with Crippen LogP contribution in [0.1, 0.15) is 42.9 Å². The van der Waals surface area contributed by atoms with Crippen LogP contribution in [0.2, 0.25) is 0 Å². The first kappa shape index (κ1) is 15.3. The molecule has 0 heterocycles. The van der Waals surface area contributed by atoms with Crippen molar-refractivity contribution in [1.82, 2.24) is 5.32 Å². The second kappa shape index (κ2) is 7.07. The molecule has 0 spiro atoms. The standard InChI is InChI=1S/C17H21NO3/c1-12-6-2-5-9-14(12)15(11-17(20)21)18-16(19)10-13-7-3-4-8-13/h2-3,5-7,9,13,15H,4,8,10-11H2,1H3,(H,18,19)(H,20,21). The molecule has 4 nitrogen and oxygen atoms in total. The molecule has 0 saturated carbocycles. The fourth-order valence-electron chi connectivity index (χ4n) is 2.75. The molecule has 4 heteroatoms. The van der Waals surface area contributed by atoms with Gasteiger partial charge in [0.2, 0.25) is 5.91 Å². The lowest BCUT2D eigenvalue weighted by Crippen LogP contribution is -2.31. The quantitative estimate of drug-likeness (QED) is 0.790. The normalized spacial score (nSPS) is 18.4. The number of aryl methyl sites for hydroxylation is 1. The first-order valence-electron chi connectivity index (χ1n) is 7.29. The van der Waals surface area contributed by atoms with Gasteiger partial charge in [-0.05, 0) is 36.8 Å². The van der Waals surface area contributed by atoms with Gasteiger partial charge in [-0.25, -0.2) is 0 Å². The summed E-state index contributed by atoms with van der Waals surface area (Å²) in [4.78, 5) is 23.2. The zero-order valence-electron chi connectivity index (χ0n) is 12.2. The Labute approximate surface area is 124 Å². The van der Waals surface area contributed by atoms with Crippen LogP contribution < -0.4 is 5.32 Å². The monoisotopic (exact) mass is 287 g/mol. The van der Waals surface area contributed by atoms with Crippen molar-refractivity contribution >= 4 is 11.9 Å². The van der Waals surface area contributed by atoms with E-state index in [1.165, 1.54) is 0 Å². The number of hydrogen-bond acceptors (Lipinski definition) is 2. The first-order chi connectivity index (χ1) is 10.1. The van der Waals surface area contributed by atoms with Crippen LogP contribution in [0.15, 0.2) is 36.4 Å². The predicted molar refractivity (Wildman–Crippen MR) is 80.8 cm³/mol. The van der Waals surface area contributed by atoms with Gasteiger partial charge >= 0.3 is 5.97 Å². The van der Waals surface area contributed by atoms with E-state index in [1.807, 2.05) is 31.2 Å². The SMILES string of the molecule is Cc1ccccc1C(CC(=O)O)NC(=O)CC1C=CCC1. The molecule has 2 unspecified atom stereocenters. The Morgan fingerprint density at radius 2 is 2.14 bits per heavy atom. The maximum Gasteiger partial charge on any atom is 0.305 e. The molecule has 2 atom stereocenters. The summed E-state index contributed by atoms with van der Waals surface area (Å²) >= 11 is 0. The van der Waals surface area contributed by atoms with E-state index in [2.05, 4.69) is 17.5 Å². The largest absolute Gasteiger partial charge is 0.481 e. The Morgan fingerprint density at radius 3 is 2.76 bits per heavy atom. The summed E-state index contributed by atoms with van der Waals surface area (Å²) in [6, 6.07) is 7.10. The average molecular weight is 287 g/mol. The zero-order valence-corrected chi connectivity index (χ0v) is 12.2. The summed E-state index contributed by atoms with van der Waals surface area (Å²) in [5, 5.41) is 11.9. The fraction of sp³-hybridized carbons (Fsp3) is 0.412. The smallest absolute Gasteiger partial charge is 0.305 e. The minimum atomic E-state index is -0.913. The van der Waals surface area contributed by atoms with E-state index in [0.29, 0.717) is 6.42 Å². The van der Waals surface area contributed by atoms with E-state index in [9.17, 15) is 9.59 Å². The number of nitrogens with one attached hydrogen (secondary N) is 1. The number of hydrogen-bond donors (Lipinski definition) is 2. The highest BCUT2D eigenvalue weighted by molar-refractivity contribution is 5.78. The van der Waals surface area contributed by atoms with Gasteiger partial charge < -0.3 is 10.4 Å². The van der Waals surface area contributed by atoms with Crippen LogP contribution in [-0.4, -0.2) is 17.0 Å². The molecule has 0 fully saturated rings. The van der Waals surface area contributed by atoms with E-state index in [0.717, 1.165) is 24.0 Å². The zero-order chi connectivity index (χ0) is 15.2. The molecule has 2 N–H and O–H groups in total. The van der Waals surface area contributed by atoms with E-state index in [-0.39, 0.29) is 18.2 Å². The maximum atomic E-state index is 12.1. The predicted octanol–water partition coefficient (Wildman–Crippen LogP) is 2.98. The Morgan fingerprint density at radius 1 is 1.38 bits per heavy atom. The molecule has 0 radical (unpaired) electrons. The van der Waals surface area contributed by atoms with Crippen LogP contribution in [0.25, 0.3) is 0 Å². The van der Waals surface area contributed by atoms with Gasteiger partial charge in [0.25, 0.3) is 0 Å². The summed E-state index contributed by atoms with van der Waals surface area (Å²) in [6.07, 6.45) is 6.51. The Balaban J connectivity index is 2.05. The molecule has 2 rings (SSSR count). The van der Waals surface area contributed by atoms with Crippen molar-refractivity contribution in [2.75, 3.05) is 0 Å². The molecule has 21 heavy (non-hydrogen) atoms. The third kappa shape index (κ3) is 4.45. The van der Waals surface area contributed by atoms with Crippen LogP contribution in [0.4, 0.5) is 0 Å². The number of carbonyl (C=O) groups excluding carboxylic acids is 1. The van der Waals surface area contributed by atoms with Crippen LogP contribution in [0.5, 0.6) is 0 Å². The van der Waals surface area contributed by atoms with Crippen LogP contribution in [0.3, 0.4) is 0 Å². The number of aliphatic carboxylic acids is 1. The van der Waals surface area contributed by atoms with Gasteiger partial charge in [0.15, 0.2) is 0 Å². The van der Waals surface area contributed by atoms with Crippen LogP contribution >= 0.6 is 0 Å². The van der Waals surface area contributed by atoms with Gasteiger partial charge in [0.05, 0.1) is 12.5 Å². The van der Waals surface area contributed by atoms with Crippen molar-refractivity contribution < 1.29 is 14.7 Å². The van der Waals surface area contributed by atoms with Crippen molar-refractivity contribution in [2.24, 2.45) is 5.92 Å². The van der Waals surface area contributed by atoms with E-state index in [1.54, 1.807) is 0 Å². The molecule has 1 aliphatic rings. The summed E-state index contributed by atoms with van der Waals surface area (Å²) < 4.78 is 0. The average Bonchev–Trinajstić information content (AvgIpc) is 2.90. The maximum absolute atomic E-state index is 12.1. The molecule has 0 aliphatic heterocycles. The van der Waals surface area contributed by atoms with Crippen molar-refractivity contribution in [3.63, 3.8) is 0 Å². The molecule has 112 valence electrons. The van der Waals surface area contributed by atoms with E-state index < -0.39 is 12.0 Å². The van der Waals surface area contributed by atoms with Gasteiger partial charge in [-0.2, -0.15) is 0 Å². The number of rotatable bonds is 6. The second-order valence-corrected chi connectivity index (χ2v) is 5.54. The number of amides is 1. The summed E-state index contributed by atoms with van der Waals surface area (Å²) in [6.45, 7) is 1.93. The third-order valence-corrected chi connectivity index (χ3v) is 3.84. The lowest BCUT2D eigenvalue weighted by atomic mass is 9.98. The summed E-state index contributed by atoms with van der Waals surface area (Å²) in [7, 11) is 0. The number of carboxylic acids is 1. The molecule has 0 saturated heterocycles. The molecule has 0 aromatic heterocycles. The number of benzene rings is 1. The molecular weight excluding hydrogens is 266 g/mol. The third-order valence-electron chi connectivity index (χ3n) is 3.84. The minimum Gasteiger partial charge on any atom is -0.481 e. The van der Waals surface area contributed by atoms with Gasteiger partial charge in [-0.3, -0.25) is 9.59 Å². The molecule has 1 aliphatic carbocycles. The van der Waals surface area contributed by atoms with Gasteiger partial charge in [0, 0.05) is 6.42 Å². The molecule has 0 bridgehead atoms. The lowest BCUT2D eigenvalue weighted by Gasteiger charge is -2.20. The number of carboxylic acid groups (broad SMARTS) is 1. The van der Waals surface area contributed by atoms with Crippen LogP contribution in [-0.2, 0) is 9.59 Å². The van der Waals surface area contributed by atoms with Crippen molar-refractivity contribution in [3.8, 4) is 0 Å². The first-order valence-corrected chi connectivity index (χ1v) is 7.29. The Kier molecular flexibility index (Phi) is 5.14. The fourth-order valence-corrected chi connectivity index (χ4v) is 2.75. The summed E-state index contributed by atoms with van der Waals surface area (Å²) in [5.74, 6) is -0.710. The van der Waals surface area contributed by atoms with Crippen molar-refractivity contribution in [2.45, 2.75) is 38.6 Å². The van der Waals surface area contributed by atoms with E-state index >= 15 is 0 Å². The minimum absolute atomic E-state index is 0.0824. The van der Waals surface area contributed by atoms with Crippen molar-refractivity contribution in [3.05, 3.63) is 47.5 Å². The van der Waals surface area contributed by atoms with Gasteiger partial charge in [-0.15, -0.1) is 0 Å². The molecule has 1 aromatic rings. The molecular formula is C17H21NO3. The van der Waals surface area contributed by atoms with Crippen LogP contribution in [0, 0.1) is 12.8 Å². The van der Waals surface area contributed by atoms with Gasteiger partial charge in [-0.1, -0.05) is 36.4 Å². The highest BCUT2D eigenvalue weighted by Crippen LogP contribution is 2.23. The highest BCUT2D eigenvalue weighted by atomic mass is 16.4. The Hall–Kier alpha value is -2.10. The van der Waals surface area contributed by atoms with E-state index in [4.69, 9.17) is 5.11 Å². The topological polar surface area (TPSA) is 66.4 Å². The highest BCUT2D eigenvalue weighted by Gasteiger charge is 2.21. The van der Waals surface area contributed by atoms with Gasteiger partial charge in [0.1, 0.15) is 0 Å². The summed E-state index contributed by atoms with van der Waals surface area (Å²) in [5.41, 5.74) is 1.86. The number of allylic oxidation sites excluding steroid dienone is 2. The number of carbonyl (C=O) groups is 2.